The number of fused-ring (bicyclic) bond motifs is 1. The van der Waals surface area contributed by atoms with E-state index in [0.29, 0.717) is 27.0 Å². The standard InChI is InChI=1S/C15H19Cl2N3O4/c1-6(2)18-15-19-9-3-7(16)8(17)4-10(9)20(15)14-13(23)12(22)11(21)5-24-14/h3-4,6,11-14,21-23H,5H2,1-2H3,(H,18,19)/t11-,12+,13-,14-/m0/s1. The van der Waals surface area contributed by atoms with Crippen LogP contribution in [0.25, 0.3) is 11.0 Å². The maximum absolute atomic E-state index is 10.4. The molecular formula is C15H19Cl2N3O4. The normalized spacial score (nSPS) is 27.8. The largest absolute Gasteiger partial charge is 0.388 e. The average Bonchev–Trinajstić information content (AvgIpc) is 2.82. The molecule has 2 aromatic rings. The number of anilines is 1. The molecule has 24 heavy (non-hydrogen) atoms. The zero-order valence-corrected chi connectivity index (χ0v) is 14.7. The number of imidazole rings is 1. The Hall–Kier alpha value is -1.09. The molecule has 1 aliphatic rings. The molecule has 0 aliphatic carbocycles. The fraction of sp³-hybridized carbons (Fsp3) is 0.533. The van der Waals surface area contributed by atoms with Crippen molar-refractivity contribution in [2.24, 2.45) is 0 Å². The Bertz CT molecular complexity index is 752. The van der Waals surface area contributed by atoms with Crippen LogP contribution in [0.5, 0.6) is 0 Å². The second kappa shape index (κ2) is 6.67. The van der Waals surface area contributed by atoms with Gasteiger partial charge in [0.05, 0.1) is 27.7 Å². The number of halogens is 2. The van der Waals surface area contributed by atoms with Crippen LogP contribution in [0.3, 0.4) is 0 Å². The average molecular weight is 376 g/mol. The zero-order valence-electron chi connectivity index (χ0n) is 13.1. The van der Waals surface area contributed by atoms with Gasteiger partial charge in [0.25, 0.3) is 0 Å². The molecule has 3 rings (SSSR count). The van der Waals surface area contributed by atoms with Crippen molar-refractivity contribution in [1.29, 1.82) is 0 Å². The number of aliphatic hydroxyl groups excluding tert-OH is 3. The highest BCUT2D eigenvalue weighted by molar-refractivity contribution is 6.42. The van der Waals surface area contributed by atoms with Crippen LogP contribution >= 0.6 is 23.2 Å². The summed E-state index contributed by atoms with van der Waals surface area (Å²) in [6.07, 6.45) is -4.72. The highest BCUT2D eigenvalue weighted by Crippen LogP contribution is 2.35. The van der Waals surface area contributed by atoms with E-state index in [9.17, 15) is 15.3 Å². The predicted molar refractivity (Wildman–Crippen MR) is 91.5 cm³/mol. The summed E-state index contributed by atoms with van der Waals surface area (Å²) in [5.74, 6) is 0.450. The van der Waals surface area contributed by atoms with Crippen molar-refractivity contribution in [3.63, 3.8) is 0 Å². The molecule has 1 aromatic heterocycles. The lowest BCUT2D eigenvalue weighted by Gasteiger charge is -2.36. The van der Waals surface area contributed by atoms with Gasteiger partial charge in [0.15, 0.2) is 6.23 Å². The van der Waals surface area contributed by atoms with Gasteiger partial charge in [-0.2, -0.15) is 0 Å². The van der Waals surface area contributed by atoms with Crippen LogP contribution in [0.1, 0.15) is 20.1 Å². The molecule has 4 N–H and O–H groups in total. The molecule has 2 heterocycles. The Kier molecular flexibility index (Phi) is 4.92. The number of aromatic nitrogens is 2. The van der Waals surface area contributed by atoms with Crippen molar-refractivity contribution in [2.75, 3.05) is 11.9 Å². The maximum atomic E-state index is 10.4. The zero-order chi connectivity index (χ0) is 17.6. The molecule has 1 saturated heterocycles. The van der Waals surface area contributed by atoms with Gasteiger partial charge in [-0.05, 0) is 26.0 Å². The second-order valence-electron chi connectivity index (χ2n) is 6.13. The van der Waals surface area contributed by atoms with Gasteiger partial charge in [-0.3, -0.25) is 4.57 Å². The first-order chi connectivity index (χ1) is 11.3. The molecular weight excluding hydrogens is 357 g/mol. The minimum absolute atomic E-state index is 0.0720. The van der Waals surface area contributed by atoms with Gasteiger partial charge in [0.1, 0.15) is 18.3 Å². The number of nitrogens with one attached hydrogen (secondary N) is 1. The van der Waals surface area contributed by atoms with Crippen molar-refractivity contribution in [2.45, 2.75) is 44.4 Å². The lowest BCUT2D eigenvalue weighted by atomic mass is 10.0. The summed E-state index contributed by atoms with van der Waals surface area (Å²) in [4.78, 5) is 4.48. The summed E-state index contributed by atoms with van der Waals surface area (Å²) >= 11 is 12.2. The van der Waals surface area contributed by atoms with E-state index in [1.807, 2.05) is 13.8 Å². The summed E-state index contributed by atoms with van der Waals surface area (Å²) < 4.78 is 7.19. The molecule has 1 aliphatic heterocycles. The maximum Gasteiger partial charge on any atom is 0.206 e. The molecule has 0 bridgehead atoms. The van der Waals surface area contributed by atoms with Crippen LogP contribution in [0.2, 0.25) is 10.0 Å². The van der Waals surface area contributed by atoms with Crippen molar-refractivity contribution in [3.05, 3.63) is 22.2 Å². The van der Waals surface area contributed by atoms with Crippen LogP contribution in [-0.4, -0.2) is 55.8 Å². The number of ether oxygens (including phenoxy) is 1. The summed E-state index contributed by atoms with van der Waals surface area (Å²) in [6, 6.07) is 3.33. The Balaban J connectivity index is 2.15. The van der Waals surface area contributed by atoms with Gasteiger partial charge < -0.3 is 25.4 Å². The second-order valence-corrected chi connectivity index (χ2v) is 6.95. The first kappa shape index (κ1) is 17.7. The molecule has 4 atom stereocenters. The monoisotopic (exact) mass is 375 g/mol. The van der Waals surface area contributed by atoms with E-state index in [-0.39, 0.29) is 12.6 Å². The summed E-state index contributed by atoms with van der Waals surface area (Å²) in [7, 11) is 0. The van der Waals surface area contributed by atoms with Crippen molar-refractivity contribution in [1.82, 2.24) is 9.55 Å². The van der Waals surface area contributed by atoms with Gasteiger partial charge in [0, 0.05) is 6.04 Å². The molecule has 7 nitrogen and oxygen atoms in total. The fourth-order valence-corrected chi connectivity index (χ4v) is 3.04. The van der Waals surface area contributed by atoms with Crippen molar-refractivity contribution >= 4 is 40.2 Å². The number of hydrogen-bond acceptors (Lipinski definition) is 6. The third-order valence-corrected chi connectivity index (χ3v) is 4.60. The van der Waals surface area contributed by atoms with E-state index in [0.717, 1.165) is 0 Å². The van der Waals surface area contributed by atoms with Gasteiger partial charge in [-0.1, -0.05) is 23.2 Å². The number of rotatable bonds is 3. The number of nitrogens with zero attached hydrogens (tertiary/aromatic N) is 2. The molecule has 0 radical (unpaired) electrons. The van der Waals surface area contributed by atoms with Crippen LogP contribution in [-0.2, 0) is 4.74 Å². The van der Waals surface area contributed by atoms with E-state index in [4.69, 9.17) is 27.9 Å². The Morgan fingerprint density at radius 3 is 2.54 bits per heavy atom. The molecule has 0 amide bonds. The van der Waals surface area contributed by atoms with Crippen LogP contribution in [0.4, 0.5) is 5.95 Å². The number of aliphatic hydroxyl groups is 3. The van der Waals surface area contributed by atoms with E-state index in [2.05, 4.69) is 10.3 Å². The SMILES string of the molecule is CC(C)Nc1nc2cc(Cl)c(Cl)cc2n1[C@H]1OC[C@H](O)[C@@H](O)[C@@H]1O. The molecule has 9 heteroatoms. The first-order valence-electron chi connectivity index (χ1n) is 7.59. The minimum Gasteiger partial charge on any atom is -0.388 e. The quantitative estimate of drug-likeness (QED) is 0.652. The number of hydrogen-bond donors (Lipinski definition) is 4. The number of benzene rings is 1. The van der Waals surface area contributed by atoms with Gasteiger partial charge in [-0.25, -0.2) is 4.98 Å². The molecule has 0 spiro atoms. The van der Waals surface area contributed by atoms with Crippen molar-refractivity contribution in [3.8, 4) is 0 Å². The van der Waals surface area contributed by atoms with E-state index < -0.39 is 24.5 Å². The lowest BCUT2D eigenvalue weighted by molar-refractivity contribution is -0.209. The van der Waals surface area contributed by atoms with Crippen LogP contribution in [0.15, 0.2) is 12.1 Å². The van der Waals surface area contributed by atoms with Gasteiger partial charge in [-0.15, -0.1) is 0 Å². The topological polar surface area (TPSA) is 99.8 Å². The third kappa shape index (κ3) is 3.08. The third-order valence-electron chi connectivity index (χ3n) is 3.88. The van der Waals surface area contributed by atoms with E-state index >= 15 is 0 Å². The summed E-state index contributed by atoms with van der Waals surface area (Å²) in [6.45, 7) is 3.78. The molecule has 1 fully saturated rings. The van der Waals surface area contributed by atoms with E-state index in [1.54, 1.807) is 16.7 Å². The fourth-order valence-electron chi connectivity index (χ4n) is 2.73. The van der Waals surface area contributed by atoms with Gasteiger partial charge >= 0.3 is 0 Å². The summed E-state index contributed by atoms with van der Waals surface area (Å²) in [5, 5.41) is 33.9. The van der Waals surface area contributed by atoms with Crippen molar-refractivity contribution < 1.29 is 20.1 Å². The van der Waals surface area contributed by atoms with E-state index in [1.165, 1.54) is 0 Å². The highest BCUT2D eigenvalue weighted by atomic mass is 35.5. The van der Waals surface area contributed by atoms with Crippen LogP contribution in [0, 0.1) is 0 Å². The smallest absolute Gasteiger partial charge is 0.206 e. The summed E-state index contributed by atoms with van der Waals surface area (Å²) in [5.41, 5.74) is 1.17. The Morgan fingerprint density at radius 2 is 1.88 bits per heavy atom. The van der Waals surface area contributed by atoms with Gasteiger partial charge in [0.2, 0.25) is 5.95 Å². The molecule has 0 unspecified atom stereocenters. The predicted octanol–water partition coefficient (Wildman–Crippen LogP) is 1.77. The Morgan fingerprint density at radius 1 is 1.21 bits per heavy atom. The lowest BCUT2D eigenvalue weighted by Crippen LogP contribution is -2.50. The van der Waals surface area contributed by atoms with Crippen LogP contribution < -0.4 is 5.32 Å². The minimum atomic E-state index is -1.33. The molecule has 1 aromatic carbocycles. The molecule has 132 valence electrons. The highest BCUT2D eigenvalue weighted by Gasteiger charge is 2.40. The Labute approximate surface area is 148 Å². The molecule has 0 saturated carbocycles. The first-order valence-corrected chi connectivity index (χ1v) is 8.34.